The molecule has 4 rings (SSSR count). The standard InChI is InChI=1S/C50H82O7/c1-8-10-11-12-37-13-15-38(16-14-37)39-17-19-40(20-18-39)41-21-23-42(24-22-41)45-32-43(25-29-56-47(53)36(3)4)46(55-31-28-50(34-51,35-52)27-9-2)44(33-45)26-30-57-48(54)49(5,6)7/h32-33,37-42,51-52H,3,8-31,34-35H2,1-2,4-7H3. The van der Waals surface area contributed by atoms with Crippen LogP contribution in [0.25, 0.3) is 0 Å². The lowest BCUT2D eigenvalue weighted by molar-refractivity contribution is -0.152. The average Bonchev–Trinajstić information content (AvgIpc) is 3.21. The molecule has 0 amide bonds. The lowest BCUT2D eigenvalue weighted by atomic mass is 9.64. The number of rotatable bonds is 22. The van der Waals surface area contributed by atoms with Crippen LogP contribution in [0.2, 0.25) is 0 Å². The highest BCUT2D eigenvalue weighted by molar-refractivity contribution is 5.86. The van der Waals surface area contributed by atoms with Gasteiger partial charge in [-0.05, 0) is 157 Å². The number of esters is 2. The lowest BCUT2D eigenvalue weighted by Gasteiger charge is -2.41. The lowest BCUT2D eigenvalue weighted by Crippen LogP contribution is -2.32. The summed E-state index contributed by atoms with van der Waals surface area (Å²) in [6, 6.07) is 4.54. The summed E-state index contributed by atoms with van der Waals surface area (Å²) in [5.41, 5.74) is 2.41. The number of aliphatic hydroxyl groups excluding tert-OH is 2. The maximum atomic E-state index is 12.7. The van der Waals surface area contributed by atoms with E-state index in [4.69, 9.17) is 14.2 Å². The summed E-state index contributed by atoms with van der Waals surface area (Å²) < 4.78 is 17.9. The van der Waals surface area contributed by atoms with Crippen LogP contribution in [0.5, 0.6) is 5.75 Å². The Morgan fingerprint density at radius 3 is 1.68 bits per heavy atom. The molecular formula is C50H82O7. The molecule has 3 aliphatic carbocycles. The molecule has 57 heavy (non-hydrogen) atoms. The van der Waals surface area contributed by atoms with E-state index in [0.29, 0.717) is 43.8 Å². The topological polar surface area (TPSA) is 102 Å². The second-order valence-electron chi connectivity index (χ2n) is 19.7. The number of ether oxygens (including phenoxy) is 3. The third-order valence-electron chi connectivity index (χ3n) is 14.3. The molecule has 0 spiro atoms. The van der Waals surface area contributed by atoms with E-state index in [1.54, 1.807) is 6.92 Å². The molecule has 7 heteroatoms. The second kappa shape index (κ2) is 23.4. The highest BCUT2D eigenvalue weighted by Gasteiger charge is 2.35. The molecule has 0 bridgehead atoms. The SMILES string of the molecule is C=C(C)C(=O)OCCc1cc(C2CCC(C3CCC(C4CCC(CCCCC)CC4)CC3)CC2)cc(CCOC(=O)C(C)(C)C)c1OCCC(CO)(CO)CCC. The van der Waals surface area contributed by atoms with E-state index in [1.165, 1.54) is 108 Å². The number of carbonyl (C=O) groups is 2. The number of carbonyl (C=O) groups excluding carboxylic acids is 2. The second-order valence-corrected chi connectivity index (χ2v) is 19.7. The van der Waals surface area contributed by atoms with Crippen LogP contribution >= 0.6 is 0 Å². The molecule has 3 saturated carbocycles. The van der Waals surface area contributed by atoms with Crippen molar-refractivity contribution in [3.63, 3.8) is 0 Å². The average molecular weight is 795 g/mol. The third kappa shape index (κ3) is 14.4. The van der Waals surface area contributed by atoms with Crippen LogP contribution in [0.3, 0.4) is 0 Å². The fraction of sp³-hybridized carbons (Fsp3) is 0.800. The van der Waals surface area contributed by atoms with Crippen LogP contribution in [-0.2, 0) is 31.9 Å². The van der Waals surface area contributed by atoms with Gasteiger partial charge in [0.25, 0.3) is 0 Å². The summed E-state index contributed by atoms with van der Waals surface area (Å²) in [6.45, 7) is 15.9. The summed E-state index contributed by atoms with van der Waals surface area (Å²) in [5.74, 6) is 5.14. The minimum atomic E-state index is -0.612. The minimum Gasteiger partial charge on any atom is -0.493 e. The normalized spacial score (nSPS) is 24.5. The van der Waals surface area contributed by atoms with Crippen LogP contribution in [0, 0.1) is 40.4 Å². The van der Waals surface area contributed by atoms with Gasteiger partial charge in [-0.25, -0.2) is 4.79 Å². The predicted octanol–water partition coefficient (Wildman–Crippen LogP) is 11.5. The molecule has 0 unspecified atom stereocenters. The van der Waals surface area contributed by atoms with Gasteiger partial charge in [-0.1, -0.05) is 77.5 Å². The summed E-state index contributed by atoms with van der Waals surface area (Å²) in [5, 5.41) is 20.5. The zero-order valence-electron chi connectivity index (χ0n) is 37.1. The summed E-state index contributed by atoms with van der Waals surface area (Å²) in [6.07, 6.45) is 25.2. The first kappa shape index (κ1) is 47.3. The van der Waals surface area contributed by atoms with E-state index in [1.807, 2.05) is 20.8 Å². The van der Waals surface area contributed by atoms with E-state index in [9.17, 15) is 19.8 Å². The molecule has 1 aromatic carbocycles. The molecule has 324 valence electrons. The van der Waals surface area contributed by atoms with E-state index in [-0.39, 0.29) is 32.4 Å². The Morgan fingerprint density at radius 1 is 0.702 bits per heavy atom. The molecule has 0 aliphatic heterocycles. The predicted molar refractivity (Wildman–Crippen MR) is 231 cm³/mol. The van der Waals surface area contributed by atoms with Gasteiger partial charge in [-0.15, -0.1) is 0 Å². The first-order valence-electron chi connectivity index (χ1n) is 23.3. The van der Waals surface area contributed by atoms with E-state index in [2.05, 4.69) is 32.6 Å². The fourth-order valence-electron chi connectivity index (χ4n) is 10.5. The Hall–Kier alpha value is -2.38. The molecule has 0 atom stereocenters. The highest BCUT2D eigenvalue weighted by Crippen LogP contribution is 2.48. The van der Waals surface area contributed by atoms with Gasteiger partial charge in [-0.3, -0.25) is 4.79 Å². The molecule has 3 aliphatic rings. The monoisotopic (exact) mass is 795 g/mol. The smallest absolute Gasteiger partial charge is 0.333 e. The van der Waals surface area contributed by atoms with Crippen LogP contribution in [0.4, 0.5) is 0 Å². The number of unbranched alkanes of at least 4 members (excludes halogenated alkanes) is 2. The van der Waals surface area contributed by atoms with E-state index in [0.717, 1.165) is 52.9 Å². The molecule has 7 nitrogen and oxygen atoms in total. The van der Waals surface area contributed by atoms with Gasteiger partial charge < -0.3 is 24.4 Å². The van der Waals surface area contributed by atoms with Gasteiger partial charge in [0.1, 0.15) is 5.75 Å². The maximum Gasteiger partial charge on any atom is 0.333 e. The molecule has 0 aromatic heterocycles. The van der Waals surface area contributed by atoms with Gasteiger partial charge in [-0.2, -0.15) is 0 Å². The van der Waals surface area contributed by atoms with E-state index >= 15 is 0 Å². The van der Waals surface area contributed by atoms with Gasteiger partial charge in [0.15, 0.2) is 0 Å². The van der Waals surface area contributed by atoms with Crippen LogP contribution in [0.1, 0.15) is 186 Å². The molecule has 1 aromatic rings. The highest BCUT2D eigenvalue weighted by atomic mass is 16.5. The van der Waals surface area contributed by atoms with Crippen molar-refractivity contribution in [2.24, 2.45) is 40.4 Å². The Morgan fingerprint density at radius 2 is 1.21 bits per heavy atom. The molecule has 0 saturated heterocycles. The summed E-state index contributed by atoms with van der Waals surface area (Å²) in [7, 11) is 0. The van der Waals surface area contributed by atoms with Crippen LogP contribution in [-0.4, -0.2) is 55.2 Å². The van der Waals surface area contributed by atoms with Gasteiger partial charge in [0, 0.05) is 23.8 Å². The zero-order chi connectivity index (χ0) is 41.4. The molecule has 0 heterocycles. The molecule has 0 radical (unpaired) electrons. The molecular weight excluding hydrogens is 713 g/mol. The minimum absolute atomic E-state index is 0.108. The van der Waals surface area contributed by atoms with Crippen molar-refractivity contribution < 1.29 is 34.0 Å². The van der Waals surface area contributed by atoms with E-state index < -0.39 is 16.8 Å². The van der Waals surface area contributed by atoms with Crippen molar-refractivity contribution in [1.29, 1.82) is 0 Å². The van der Waals surface area contributed by atoms with Crippen LogP contribution in [0.15, 0.2) is 24.3 Å². The quantitative estimate of drug-likeness (QED) is 0.0684. The Labute approximate surface area is 347 Å². The Balaban J connectivity index is 1.45. The van der Waals surface area contributed by atoms with Gasteiger partial charge in [0.05, 0.1) is 38.4 Å². The molecule has 3 fully saturated rings. The molecule has 2 N–H and O–H groups in total. The zero-order valence-corrected chi connectivity index (χ0v) is 37.1. The Bertz CT molecular complexity index is 1370. The maximum absolute atomic E-state index is 12.7. The van der Waals surface area contributed by atoms with Crippen molar-refractivity contribution in [3.05, 3.63) is 41.0 Å². The van der Waals surface area contributed by atoms with Crippen molar-refractivity contribution in [1.82, 2.24) is 0 Å². The first-order chi connectivity index (χ1) is 27.3. The third-order valence-corrected chi connectivity index (χ3v) is 14.3. The van der Waals surface area contributed by atoms with Gasteiger partial charge in [0.2, 0.25) is 0 Å². The Kier molecular flexibility index (Phi) is 19.4. The van der Waals surface area contributed by atoms with Crippen molar-refractivity contribution in [2.45, 2.75) is 182 Å². The number of aliphatic hydroxyl groups is 2. The van der Waals surface area contributed by atoms with Crippen molar-refractivity contribution >= 4 is 11.9 Å². The van der Waals surface area contributed by atoms with Crippen molar-refractivity contribution in [2.75, 3.05) is 33.0 Å². The van der Waals surface area contributed by atoms with Gasteiger partial charge >= 0.3 is 11.9 Å². The fourth-order valence-corrected chi connectivity index (χ4v) is 10.5. The summed E-state index contributed by atoms with van der Waals surface area (Å²) >= 11 is 0. The first-order valence-corrected chi connectivity index (χ1v) is 23.3. The summed E-state index contributed by atoms with van der Waals surface area (Å²) in [4.78, 5) is 25.1. The number of hydrogen-bond donors (Lipinski definition) is 2. The van der Waals surface area contributed by atoms with Crippen LogP contribution < -0.4 is 4.74 Å². The van der Waals surface area contributed by atoms with Crippen molar-refractivity contribution in [3.8, 4) is 5.75 Å². The largest absolute Gasteiger partial charge is 0.493 e. The number of benzene rings is 1. The number of hydrogen-bond acceptors (Lipinski definition) is 7.